The Morgan fingerprint density at radius 1 is 1.15 bits per heavy atom. The molecule has 0 unspecified atom stereocenters. The normalized spacial score (nSPS) is 11.8. The zero-order chi connectivity index (χ0) is 19.6. The standard InChI is InChI=1S/C22H32N4O/c1-18-14-19(16-23-10-7-12-25(2)3)22(27)20(15-18)17-26(4)13-9-21-8-5-6-11-24-21/h5-6,8,11,14-16,27H,7,9-10,12-13,17H2,1-4H3. The minimum atomic E-state index is 0.335. The maximum Gasteiger partial charge on any atom is 0.128 e. The average Bonchev–Trinajstić information content (AvgIpc) is 2.64. The molecule has 0 amide bonds. The zero-order valence-corrected chi connectivity index (χ0v) is 17.0. The number of aryl methyl sites for hydroxylation is 1. The molecule has 0 atom stereocenters. The van der Waals surface area contributed by atoms with Gasteiger partial charge in [-0.15, -0.1) is 0 Å². The molecule has 0 spiro atoms. The Kier molecular flexibility index (Phi) is 8.43. The van der Waals surface area contributed by atoms with E-state index in [0.717, 1.165) is 54.9 Å². The van der Waals surface area contributed by atoms with Gasteiger partial charge in [0.1, 0.15) is 5.75 Å². The molecule has 27 heavy (non-hydrogen) atoms. The van der Waals surface area contributed by atoms with Crippen molar-refractivity contribution in [1.82, 2.24) is 14.8 Å². The summed E-state index contributed by atoms with van der Waals surface area (Å²) in [5.41, 5.74) is 3.96. The maximum absolute atomic E-state index is 10.7. The first-order valence-electron chi connectivity index (χ1n) is 9.51. The molecule has 0 aliphatic carbocycles. The fourth-order valence-electron chi connectivity index (χ4n) is 2.97. The lowest BCUT2D eigenvalue weighted by molar-refractivity contribution is 0.323. The van der Waals surface area contributed by atoms with Crippen LogP contribution < -0.4 is 0 Å². The van der Waals surface area contributed by atoms with Gasteiger partial charge in [-0.1, -0.05) is 12.1 Å². The van der Waals surface area contributed by atoms with Gasteiger partial charge in [0.25, 0.3) is 0 Å². The quantitative estimate of drug-likeness (QED) is 0.517. The number of phenols is 1. The zero-order valence-electron chi connectivity index (χ0n) is 17.0. The number of hydrogen-bond donors (Lipinski definition) is 1. The first-order valence-corrected chi connectivity index (χ1v) is 9.51. The van der Waals surface area contributed by atoms with Crippen molar-refractivity contribution in [3.8, 4) is 5.75 Å². The molecule has 2 aromatic rings. The molecule has 1 aromatic heterocycles. The third kappa shape index (κ3) is 7.49. The highest BCUT2D eigenvalue weighted by atomic mass is 16.3. The lowest BCUT2D eigenvalue weighted by Crippen LogP contribution is -2.21. The number of hydrogen-bond acceptors (Lipinski definition) is 5. The molecule has 1 heterocycles. The Morgan fingerprint density at radius 3 is 2.67 bits per heavy atom. The van der Waals surface area contributed by atoms with E-state index in [4.69, 9.17) is 0 Å². The first kappa shape index (κ1) is 21.1. The number of phenolic OH excluding ortho intramolecular Hbond substituents is 1. The number of pyridine rings is 1. The summed E-state index contributed by atoms with van der Waals surface area (Å²) in [5.74, 6) is 0.335. The van der Waals surface area contributed by atoms with Crippen LogP contribution in [0.1, 0.15) is 28.8 Å². The van der Waals surface area contributed by atoms with Crippen molar-refractivity contribution in [2.75, 3.05) is 40.8 Å². The summed E-state index contributed by atoms with van der Waals surface area (Å²) in [6, 6.07) is 10.0. The van der Waals surface area contributed by atoms with Crippen LogP contribution in [0.15, 0.2) is 41.5 Å². The predicted octanol–water partition coefficient (Wildman–Crippen LogP) is 3.14. The smallest absolute Gasteiger partial charge is 0.128 e. The van der Waals surface area contributed by atoms with Crippen molar-refractivity contribution in [3.63, 3.8) is 0 Å². The van der Waals surface area contributed by atoms with Crippen molar-refractivity contribution >= 4 is 6.21 Å². The van der Waals surface area contributed by atoms with E-state index in [0.29, 0.717) is 12.3 Å². The number of aromatic hydroxyl groups is 1. The highest BCUT2D eigenvalue weighted by Crippen LogP contribution is 2.24. The largest absolute Gasteiger partial charge is 0.507 e. The number of aromatic nitrogens is 1. The molecule has 5 heteroatoms. The molecule has 0 radical (unpaired) electrons. The van der Waals surface area contributed by atoms with E-state index in [1.807, 2.05) is 30.5 Å². The molecule has 2 rings (SSSR count). The van der Waals surface area contributed by atoms with Crippen molar-refractivity contribution in [3.05, 3.63) is 58.9 Å². The molecule has 0 saturated carbocycles. The molecule has 0 aliphatic rings. The van der Waals surface area contributed by atoms with Crippen molar-refractivity contribution in [2.45, 2.75) is 26.3 Å². The predicted molar refractivity (Wildman–Crippen MR) is 113 cm³/mol. The van der Waals surface area contributed by atoms with E-state index in [-0.39, 0.29) is 0 Å². The molecular weight excluding hydrogens is 336 g/mol. The number of likely N-dealkylation sites (N-methyl/N-ethyl adjacent to an activating group) is 1. The minimum absolute atomic E-state index is 0.335. The second-order valence-corrected chi connectivity index (χ2v) is 7.36. The molecule has 0 aliphatic heterocycles. The second kappa shape index (κ2) is 10.8. The molecule has 0 fully saturated rings. The summed E-state index contributed by atoms with van der Waals surface area (Å²) < 4.78 is 0. The number of aliphatic imine (C=N–C) groups is 1. The molecular formula is C22H32N4O. The molecule has 146 valence electrons. The highest BCUT2D eigenvalue weighted by molar-refractivity contribution is 5.84. The van der Waals surface area contributed by atoms with Gasteiger partial charge < -0.3 is 14.9 Å². The average molecular weight is 369 g/mol. The van der Waals surface area contributed by atoms with E-state index < -0.39 is 0 Å². The summed E-state index contributed by atoms with van der Waals surface area (Å²) in [6.45, 7) is 5.43. The number of benzene rings is 1. The van der Waals surface area contributed by atoms with E-state index in [1.54, 1.807) is 6.21 Å². The third-order valence-corrected chi connectivity index (χ3v) is 4.40. The second-order valence-electron chi connectivity index (χ2n) is 7.36. The SMILES string of the molecule is Cc1cc(C=NCCCN(C)C)c(O)c(CN(C)CCc2ccccn2)c1. The van der Waals surface area contributed by atoms with Gasteiger partial charge >= 0.3 is 0 Å². The van der Waals surface area contributed by atoms with Crippen LogP contribution in [-0.4, -0.2) is 66.9 Å². The topological polar surface area (TPSA) is 52.0 Å². The molecule has 1 N–H and O–H groups in total. The Bertz CT molecular complexity index is 729. The number of nitrogens with zero attached hydrogens (tertiary/aromatic N) is 4. The Labute approximate surface area is 163 Å². The maximum atomic E-state index is 10.7. The van der Waals surface area contributed by atoms with Crippen LogP contribution >= 0.6 is 0 Å². The summed E-state index contributed by atoms with van der Waals surface area (Å²) in [6.07, 6.45) is 5.53. The Hall–Kier alpha value is -2.24. The van der Waals surface area contributed by atoms with Gasteiger partial charge in [0.05, 0.1) is 0 Å². The Morgan fingerprint density at radius 2 is 1.96 bits per heavy atom. The van der Waals surface area contributed by atoms with Gasteiger partial charge in [-0.3, -0.25) is 9.98 Å². The van der Waals surface area contributed by atoms with Crippen LogP contribution in [0.3, 0.4) is 0 Å². The fraction of sp³-hybridized carbons (Fsp3) is 0.455. The monoisotopic (exact) mass is 368 g/mol. The van der Waals surface area contributed by atoms with Crippen LogP contribution in [0.5, 0.6) is 5.75 Å². The number of rotatable bonds is 10. The molecule has 0 saturated heterocycles. The lowest BCUT2D eigenvalue weighted by atomic mass is 10.0. The van der Waals surface area contributed by atoms with Gasteiger partial charge in [-0.25, -0.2) is 0 Å². The molecule has 1 aromatic carbocycles. The summed E-state index contributed by atoms with van der Waals surface area (Å²) in [5, 5.41) is 10.7. The summed E-state index contributed by atoms with van der Waals surface area (Å²) in [4.78, 5) is 13.2. The van der Waals surface area contributed by atoms with Crippen LogP contribution in [0.25, 0.3) is 0 Å². The van der Waals surface area contributed by atoms with E-state index in [9.17, 15) is 5.11 Å². The van der Waals surface area contributed by atoms with Crippen LogP contribution in [0.2, 0.25) is 0 Å². The summed E-state index contributed by atoms with van der Waals surface area (Å²) >= 11 is 0. The van der Waals surface area contributed by atoms with E-state index >= 15 is 0 Å². The van der Waals surface area contributed by atoms with Gasteiger partial charge in [-0.2, -0.15) is 0 Å². The van der Waals surface area contributed by atoms with Crippen LogP contribution in [-0.2, 0) is 13.0 Å². The van der Waals surface area contributed by atoms with E-state index in [1.165, 1.54) is 0 Å². The van der Waals surface area contributed by atoms with Gasteiger partial charge in [-0.05, 0) is 64.8 Å². The van der Waals surface area contributed by atoms with Crippen molar-refractivity contribution in [2.24, 2.45) is 4.99 Å². The first-order chi connectivity index (χ1) is 13.0. The molecule has 0 bridgehead atoms. The van der Waals surface area contributed by atoms with E-state index in [2.05, 4.69) is 53.9 Å². The third-order valence-electron chi connectivity index (χ3n) is 4.40. The van der Waals surface area contributed by atoms with Crippen molar-refractivity contribution < 1.29 is 5.11 Å². The summed E-state index contributed by atoms with van der Waals surface area (Å²) in [7, 11) is 6.19. The Balaban J connectivity index is 1.95. The van der Waals surface area contributed by atoms with Crippen LogP contribution in [0.4, 0.5) is 0 Å². The fourth-order valence-corrected chi connectivity index (χ4v) is 2.97. The minimum Gasteiger partial charge on any atom is -0.507 e. The highest BCUT2D eigenvalue weighted by Gasteiger charge is 2.10. The molecule has 5 nitrogen and oxygen atoms in total. The van der Waals surface area contributed by atoms with Gasteiger partial charge in [0.15, 0.2) is 0 Å². The van der Waals surface area contributed by atoms with Crippen molar-refractivity contribution in [1.29, 1.82) is 0 Å². The van der Waals surface area contributed by atoms with Gasteiger partial charge in [0, 0.05) is 55.3 Å². The van der Waals surface area contributed by atoms with Gasteiger partial charge in [0.2, 0.25) is 0 Å². The van der Waals surface area contributed by atoms with Crippen LogP contribution in [0, 0.1) is 6.92 Å². The lowest BCUT2D eigenvalue weighted by Gasteiger charge is -2.18.